The molecule has 0 aliphatic carbocycles. The smallest absolute Gasteiger partial charge is 0.131 e. The van der Waals surface area contributed by atoms with E-state index in [9.17, 15) is 0 Å². The largest absolute Gasteiger partial charge is 0.325 e. The SMILES string of the molecule is Cc1nn(C)cc1CN1CCC[C@H](c2cccc(Nc3ccccn3)n2)C1. The van der Waals surface area contributed by atoms with Gasteiger partial charge in [0.1, 0.15) is 11.6 Å². The number of aryl methyl sites for hydroxylation is 2. The molecule has 0 spiro atoms. The van der Waals surface area contributed by atoms with Crippen LogP contribution in [0.5, 0.6) is 0 Å². The molecule has 6 nitrogen and oxygen atoms in total. The molecule has 0 unspecified atom stereocenters. The van der Waals surface area contributed by atoms with Gasteiger partial charge in [0.05, 0.1) is 5.69 Å². The van der Waals surface area contributed by atoms with Crippen LogP contribution in [0.2, 0.25) is 0 Å². The van der Waals surface area contributed by atoms with Crippen molar-refractivity contribution in [2.45, 2.75) is 32.2 Å². The van der Waals surface area contributed by atoms with Gasteiger partial charge in [-0.1, -0.05) is 12.1 Å². The highest BCUT2D eigenvalue weighted by molar-refractivity contribution is 5.51. The topological polar surface area (TPSA) is 58.9 Å². The Labute approximate surface area is 160 Å². The van der Waals surface area contributed by atoms with Crippen molar-refractivity contribution in [1.82, 2.24) is 24.6 Å². The molecule has 0 radical (unpaired) electrons. The Morgan fingerprint density at radius 1 is 1.15 bits per heavy atom. The van der Waals surface area contributed by atoms with Crippen molar-refractivity contribution in [3.8, 4) is 0 Å². The zero-order valence-corrected chi connectivity index (χ0v) is 16.0. The van der Waals surface area contributed by atoms with Crippen LogP contribution >= 0.6 is 0 Å². The van der Waals surface area contributed by atoms with E-state index in [1.54, 1.807) is 6.20 Å². The molecule has 140 valence electrons. The van der Waals surface area contributed by atoms with Crippen LogP contribution in [0.25, 0.3) is 0 Å². The van der Waals surface area contributed by atoms with Gasteiger partial charge in [0.25, 0.3) is 0 Å². The predicted molar refractivity (Wildman–Crippen MR) is 107 cm³/mol. The minimum atomic E-state index is 0.459. The van der Waals surface area contributed by atoms with Gasteiger partial charge in [0.15, 0.2) is 0 Å². The number of anilines is 2. The van der Waals surface area contributed by atoms with E-state index in [1.807, 2.05) is 36.0 Å². The fourth-order valence-corrected chi connectivity index (χ4v) is 3.80. The second-order valence-electron chi connectivity index (χ2n) is 7.28. The third kappa shape index (κ3) is 4.34. The third-order valence-electron chi connectivity index (χ3n) is 5.12. The monoisotopic (exact) mass is 362 g/mol. The molecule has 1 N–H and O–H groups in total. The molecule has 1 fully saturated rings. The number of hydrogen-bond acceptors (Lipinski definition) is 5. The molecular formula is C21H26N6. The molecule has 0 bridgehead atoms. The van der Waals surface area contributed by atoms with Gasteiger partial charge >= 0.3 is 0 Å². The molecule has 0 aromatic carbocycles. The van der Waals surface area contributed by atoms with Crippen molar-refractivity contribution in [2.24, 2.45) is 7.05 Å². The second kappa shape index (κ2) is 7.88. The Morgan fingerprint density at radius 2 is 2.04 bits per heavy atom. The highest BCUT2D eigenvalue weighted by Gasteiger charge is 2.23. The van der Waals surface area contributed by atoms with E-state index in [0.29, 0.717) is 5.92 Å². The molecule has 1 aliphatic heterocycles. The van der Waals surface area contributed by atoms with Crippen molar-refractivity contribution in [1.29, 1.82) is 0 Å². The summed E-state index contributed by atoms with van der Waals surface area (Å²) < 4.78 is 1.90. The number of likely N-dealkylation sites (tertiary alicyclic amines) is 1. The second-order valence-corrected chi connectivity index (χ2v) is 7.28. The van der Waals surface area contributed by atoms with Crippen LogP contribution in [0.4, 0.5) is 11.6 Å². The van der Waals surface area contributed by atoms with E-state index in [0.717, 1.165) is 42.7 Å². The summed E-state index contributed by atoms with van der Waals surface area (Å²) in [6.45, 7) is 5.22. The lowest BCUT2D eigenvalue weighted by Gasteiger charge is -2.32. The van der Waals surface area contributed by atoms with Crippen LogP contribution in [0.1, 0.15) is 35.7 Å². The van der Waals surface area contributed by atoms with Crippen molar-refractivity contribution in [3.05, 3.63) is 65.7 Å². The molecule has 6 heteroatoms. The van der Waals surface area contributed by atoms with E-state index in [1.165, 1.54) is 18.4 Å². The summed E-state index contributed by atoms with van der Waals surface area (Å²) in [6, 6.07) is 12.1. The molecule has 3 aromatic heterocycles. The van der Waals surface area contributed by atoms with E-state index < -0.39 is 0 Å². The molecule has 1 atom stereocenters. The van der Waals surface area contributed by atoms with Gasteiger partial charge in [0, 0.05) is 49.7 Å². The zero-order valence-electron chi connectivity index (χ0n) is 16.0. The van der Waals surface area contributed by atoms with Gasteiger partial charge in [-0.15, -0.1) is 0 Å². The van der Waals surface area contributed by atoms with Crippen molar-refractivity contribution < 1.29 is 0 Å². The summed E-state index contributed by atoms with van der Waals surface area (Å²) in [4.78, 5) is 11.7. The normalized spacial score (nSPS) is 17.8. The average molecular weight is 362 g/mol. The highest BCUT2D eigenvalue weighted by Crippen LogP contribution is 2.28. The van der Waals surface area contributed by atoms with Gasteiger partial charge < -0.3 is 5.32 Å². The number of nitrogens with zero attached hydrogens (tertiary/aromatic N) is 5. The molecule has 4 rings (SSSR count). The van der Waals surface area contributed by atoms with Crippen LogP contribution in [0.3, 0.4) is 0 Å². The van der Waals surface area contributed by atoms with Gasteiger partial charge in [-0.2, -0.15) is 5.10 Å². The van der Waals surface area contributed by atoms with Crippen LogP contribution in [0.15, 0.2) is 48.8 Å². The summed E-state index contributed by atoms with van der Waals surface area (Å²) in [5.41, 5.74) is 3.60. The lowest BCUT2D eigenvalue weighted by atomic mass is 9.94. The number of piperidine rings is 1. The first-order chi connectivity index (χ1) is 13.2. The fourth-order valence-electron chi connectivity index (χ4n) is 3.80. The lowest BCUT2D eigenvalue weighted by Crippen LogP contribution is -2.34. The molecular weight excluding hydrogens is 336 g/mol. The minimum absolute atomic E-state index is 0.459. The first-order valence-corrected chi connectivity index (χ1v) is 9.54. The molecule has 0 amide bonds. The standard InChI is InChI=1S/C21H26N6/c1-16-18(13-26(2)25-16)15-27-12-6-7-17(14-27)19-8-5-10-21(23-19)24-20-9-3-4-11-22-20/h3-5,8-11,13,17H,6-7,12,14-15H2,1-2H3,(H,22,23,24)/t17-/m0/s1. The highest BCUT2D eigenvalue weighted by atomic mass is 15.3. The van der Waals surface area contributed by atoms with E-state index in [2.05, 4.69) is 45.6 Å². The fraction of sp³-hybridized carbons (Fsp3) is 0.381. The van der Waals surface area contributed by atoms with Crippen molar-refractivity contribution >= 4 is 11.6 Å². The summed E-state index contributed by atoms with van der Waals surface area (Å²) in [6.07, 6.45) is 6.30. The van der Waals surface area contributed by atoms with Gasteiger partial charge in [-0.3, -0.25) is 9.58 Å². The number of nitrogens with one attached hydrogen (secondary N) is 1. The molecule has 27 heavy (non-hydrogen) atoms. The van der Waals surface area contributed by atoms with Crippen LogP contribution < -0.4 is 5.32 Å². The van der Waals surface area contributed by atoms with E-state index in [4.69, 9.17) is 4.98 Å². The first-order valence-electron chi connectivity index (χ1n) is 9.54. The zero-order chi connectivity index (χ0) is 18.6. The maximum Gasteiger partial charge on any atom is 0.131 e. The van der Waals surface area contributed by atoms with Gasteiger partial charge in [-0.25, -0.2) is 9.97 Å². The molecule has 3 aromatic rings. The van der Waals surface area contributed by atoms with Crippen LogP contribution in [-0.4, -0.2) is 37.7 Å². The van der Waals surface area contributed by atoms with Crippen LogP contribution in [-0.2, 0) is 13.6 Å². The van der Waals surface area contributed by atoms with Crippen molar-refractivity contribution in [2.75, 3.05) is 18.4 Å². The number of rotatable bonds is 5. The minimum Gasteiger partial charge on any atom is -0.325 e. The summed E-state index contributed by atoms with van der Waals surface area (Å²) in [5, 5.41) is 7.77. The third-order valence-corrected chi connectivity index (χ3v) is 5.12. The number of hydrogen-bond donors (Lipinski definition) is 1. The van der Waals surface area contributed by atoms with Crippen molar-refractivity contribution in [3.63, 3.8) is 0 Å². The lowest BCUT2D eigenvalue weighted by molar-refractivity contribution is 0.198. The molecule has 1 aliphatic rings. The summed E-state index contributed by atoms with van der Waals surface area (Å²) in [5.74, 6) is 2.13. The predicted octanol–water partition coefficient (Wildman–Crippen LogP) is 3.64. The number of pyridine rings is 2. The maximum atomic E-state index is 4.86. The summed E-state index contributed by atoms with van der Waals surface area (Å²) in [7, 11) is 1.99. The van der Waals surface area contributed by atoms with E-state index in [-0.39, 0.29) is 0 Å². The first kappa shape index (κ1) is 17.7. The van der Waals surface area contributed by atoms with Gasteiger partial charge in [-0.05, 0) is 50.6 Å². The summed E-state index contributed by atoms with van der Waals surface area (Å²) >= 11 is 0. The Balaban J connectivity index is 1.45. The molecule has 4 heterocycles. The molecule has 0 saturated carbocycles. The van der Waals surface area contributed by atoms with E-state index >= 15 is 0 Å². The quantitative estimate of drug-likeness (QED) is 0.751. The average Bonchev–Trinajstić information content (AvgIpc) is 3.00. The van der Waals surface area contributed by atoms with Gasteiger partial charge in [0.2, 0.25) is 0 Å². The Hall–Kier alpha value is -2.73. The molecule has 1 saturated heterocycles. The Kier molecular flexibility index (Phi) is 5.16. The maximum absolute atomic E-state index is 4.86. The number of aromatic nitrogens is 4. The van der Waals surface area contributed by atoms with Crippen LogP contribution in [0, 0.1) is 6.92 Å². The Bertz CT molecular complexity index is 889. The Morgan fingerprint density at radius 3 is 2.81 bits per heavy atom.